The molecular formula is C13H14Cl2FNO3. The number of carboxylic acid groups (broad SMARTS) is 1. The normalized spacial score (nSPS) is 12.0. The Morgan fingerprint density at radius 1 is 1.35 bits per heavy atom. The summed E-state index contributed by atoms with van der Waals surface area (Å²) in [5.74, 6) is -2.41. The first-order valence-corrected chi connectivity index (χ1v) is 6.75. The Bertz CT molecular complexity index is 523. The molecule has 7 heteroatoms. The third-order valence-electron chi connectivity index (χ3n) is 2.85. The van der Waals surface area contributed by atoms with Crippen LogP contribution in [0.2, 0.25) is 10.0 Å². The number of carboxylic acids is 1. The van der Waals surface area contributed by atoms with Gasteiger partial charge in [-0.15, -0.1) is 0 Å². The predicted molar refractivity (Wildman–Crippen MR) is 74.8 cm³/mol. The summed E-state index contributed by atoms with van der Waals surface area (Å²) >= 11 is 11.4. The van der Waals surface area contributed by atoms with E-state index in [9.17, 15) is 14.0 Å². The molecule has 20 heavy (non-hydrogen) atoms. The Hall–Kier alpha value is -1.33. The van der Waals surface area contributed by atoms with Crippen molar-refractivity contribution in [1.82, 2.24) is 5.32 Å². The van der Waals surface area contributed by atoms with Crippen LogP contribution in [-0.2, 0) is 4.79 Å². The van der Waals surface area contributed by atoms with Crippen molar-refractivity contribution in [2.24, 2.45) is 5.92 Å². The fraction of sp³-hybridized carbons (Fsp3) is 0.385. The van der Waals surface area contributed by atoms with E-state index in [0.717, 1.165) is 12.1 Å². The first-order chi connectivity index (χ1) is 9.35. The predicted octanol–water partition coefficient (Wildman–Crippen LogP) is 3.36. The molecule has 110 valence electrons. The third-order valence-corrected chi connectivity index (χ3v) is 3.45. The molecule has 1 atom stereocenters. The van der Waals surface area contributed by atoms with E-state index in [2.05, 4.69) is 5.32 Å². The molecule has 1 aromatic rings. The molecule has 0 aliphatic carbocycles. The Morgan fingerprint density at radius 2 is 2.00 bits per heavy atom. The first-order valence-electron chi connectivity index (χ1n) is 5.99. The minimum absolute atomic E-state index is 0.0289. The van der Waals surface area contributed by atoms with Gasteiger partial charge in [-0.3, -0.25) is 9.59 Å². The fourth-order valence-electron chi connectivity index (χ4n) is 1.64. The monoisotopic (exact) mass is 321 g/mol. The van der Waals surface area contributed by atoms with Crippen LogP contribution in [0.15, 0.2) is 12.1 Å². The van der Waals surface area contributed by atoms with Crippen LogP contribution in [0.3, 0.4) is 0 Å². The molecule has 0 saturated heterocycles. The number of aliphatic carboxylic acids is 1. The van der Waals surface area contributed by atoms with E-state index in [-0.39, 0.29) is 34.5 Å². The zero-order valence-electron chi connectivity index (χ0n) is 10.8. The van der Waals surface area contributed by atoms with Crippen molar-refractivity contribution >= 4 is 35.1 Å². The van der Waals surface area contributed by atoms with E-state index >= 15 is 0 Å². The Balaban J connectivity index is 2.72. The SMILES string of the molecule is CCC(CNC(=O)c1cc(F)c(Cl)cc1Cl)CC(=O)O. The van der Waals surface area contributed by atoms with Gasteiger partial charge in [0, 0.05) is 13.0 Å². The van der Waals surface area contributed by atoms with Crippen molar-refractivity contribution in [1.29, 1.82) is 0 Å². The fourth-order valence-corrected chi connectivity index (χ4v) is 2.11. The largest absolute Gasteiger partial charge is 0.481 e. The quantitative estimate of drug-likeness (QED) is 0.789. The highest BCUT2D eigenvalue weighted by Crippen LogP contribution is 2.24. The van der Waals surface area contributed by atoms with Crippen LogP contribution < -0.4 is 5.32 Å². The van der Waals surface area contributed by atoms with Gasteiger partial charge >= 0.3 is 5.97 Å². The number of hydrogen-bond donors (Lipinski definition) is 2. The van der Waals surface area contributed by atoms with Gasteiger partial charge in [0.2, 0.25) is 0 Å². The summed E-state index contributed by atoms with van der Waals surface area (Å²) in [6, 6.07) is 2.11. The lowest BCUT2D eigenvalue weighted by Gasteiger charge is -2.14. The van der Waals surface area contributed by atoms with Crippen LogP contribution in [-0.4, -0.2) is 23.5 Å². The van der Waals surface area contributed by atoms with Crippen molar-refractivity contribution in [3.63, 3.8) is 0 Å². The molecular weight excluding hydrogens is 308 g/mol. The number of rotatable bonds is 6. The van der Waals surface area contributed by atoms with Crippen molar-refractivity contribution in [2.75, 3.05) is 6.54 Å². The molecule has 1 amide bonds. The molecule has 0 aromatic heterocycles. The maximum absolute atomic E-state index is 13.3. The second-order valence-corrected chi connectivity index (χ2v) is 5.14. The third kappa shape index (κ3) is 4.65. The molecule has 1 rings (SSSR count). The average Bonchev–Trinajstić information content (AvgIpc) is 2.37. The molecule has 0 fully saturated rings. The minimum atomic E-state index is -0.929. The summed E-state index contributed by atoms with van der Waals surface area (Å²) in [5, 5.41) is 11.1. The molecule has 0 spiro atoms. The lowest BCUT2D eigenvalue weighted by atomic mass is 10.0. The molecule has 0 radical (unpaired) electrons. The zero-order chi connectivity index (χ0) is 15.3. The minimum Gasteiger partial charge on any atom is -0.481 e. The van der Waals surface area contributed by atoms with Crippen molar-refractivity contribution in [3.8, 4) is 0 Å². The van der Waals surface area contributed by atoms with Gasteiger partial charge in [0.1, 0.15) is 5.82 Å². The number of carbonyl (C=O) groups excluding carboxylic acids is 1. The lowest BCUT2D eigenvalue weighted by molar-refractivity contribution is -0.138. The van der Waals surface area contributed by atoms with Crippen molar-refractivity contribution in [3.05, 3.63) is 33.6 Å². The molecule has 0 saturated carbocycles. The summed E-state index contributed by atoms with van der Waals surface area (Å²) in [6.07, 6.45) is 0.564. The molecule has 0 aliphatic rings. The van der Waals surface area contributed by atoms with E-state index in [1.165, 1.54) is 0 Å². The molecule has 1 unspecified atom stereocenters. The molecule has 2 N–H and O–H groups in total. The van der Waals surface area contributed by atoms with E-state index in [1.54, 1.807) is 0 Å². The number of carbonyl (C=O) groups is 2. The highest BCUT2D eigenvalue weighted by molar-refractivity contribution is 6.36. The maximum Gasteiger partial charge on any atom is 0.303 e. The highest BCUT2D eigenvalue weighted by Gasteiger charge is 2.16. The highest BCUT2D eigenvalue weighted by atomic mass is 35.5. The number of nitrogens with one attached hydrogen (secondary N) is 1. The van der Waals surface area contributed by atoms with Crippen LogP contribution in [0.4, 0.5) is 4.39 Å². The second-order valence-electron chi connectivity index (χ2n) is 4.33. The van der Waals surface area contributed by atoms with Gasteiger partial charge in [-0.05, 0) is 18.1 Å². The van der Waals surface area contributed by atoms with Gasteiger partial charge in [0.15, 0.2) is 0 Å². The van der Waals surface area contributed by atoms with Gasteiger partial charge in [-0.2, -0.15) is 0 Å². The van der Waals surface area contributed by atoms with Crippen LogP contribution in [0, 0.1) is 11.7 Å². The number of hydrogen-bond acceptors (Lipinski definition) is 2. The zero-order valence-corrected chi connectivity index (χ0v) is 12.3. The van der Waals surface area contributed by atoms with Crippen molar-refractivity contribution < 1.29 is 19.1 Å². The molecule has 1 aromatic carbocycles. The van der Waals surface area contributed by atoms with Gasteiger partial charge in [-0.25, -0.2) is 4.39 Å². The smallest absolute Gasteiger partial charge is 0.303 e. The Morgan fingerprint density at radius 3 is 2.55 bits per heavy atom. The van der Waals surface area contributed by atoms with Crippen LogP contribution in [0.5, 0.6) is 0 Å². The second kappa shape index (κ2) is 7.45. The standard InChI is InChI=1S/C13H14Cl2FNO3/c1-2-7(3-12(18)19)6-17-13(20)8-4-11(16)10(15)5-9(8)14/h4-5,7H,2-3,6H2,1H3,(H,17,20)(H,18,19). The Labute approximate surface area is 125 Å². The topological polar surface area (TPSA) is 66.4 Å². The Kier molecular flexibility index (Phi) is 6.23. The van der Waals surface area contributed by atoms with E-state index in [4.69, 9.17) is 28.3 Å². The summed E-state index contributed by atoms with van der Waals surface area (Å²) in [6.45, 7) is 2.01. The number of halogens is 3. The van der Waals surface area contributed by atoms with E-state index in [1.807, 2.05) is 6.92 Å². The van der Waals surface area contributed by atoms with Gasteiger partial charge in [0.05, 0.1) is 15.6 Å². The maximum atomic E-state index is 13.3. The number of benzene rings is 1. The van der Waals surface area contributed by atoms with E-state index in [0.29, 0.717) is 6.42 Å². The molecule has 0 heterocycles. The molecule has 0 aliphatic heterocycles. The van der Waals surface area contributed by atoms with Gasteiger partial charge in [0.25, 0.3) is 5.91 Å². The van der Waals surface area contributed by atoms with Crippen LogP contribution >= 0.6 is 23.2 Å². The first kappa shape index (κ1) is 16.7. The summed E-state index contributed by atoms with van der Waals surface area (Å²) in [4.78, 5) is 22.5. The molecule has 0 bridgehead atoms. The summed E-state index contributed by atoms with van der Waals surface area (Å²) in [7, 11) is 0. The summed E-state index contributed by atoms with van der Waals surface area (Å²) < 4.78 is 13.3. The lowest BCUT2D eigenvalue weighted by Crippen LogP contribution is -2.30. The van der Waals surface area contributed by atoms with Gasteiger partial charge in [-0.1, -0.05) is 36.5 Å². The van der Waals surface area contributed by atoms with Gasteiger partial charge < -0.3 is 10.4 Å². The molecule has 4 nitrogen and oxygen atoms in total. The van der Waals surface area contributed by atoms with Crippen LogP contribution in [0.1, 0.15) is 30.1 Å². The van der Waals surface area contributed by atoms with Crippen molar-refractivity contribution in [2.45, 2.75) is 19.8 Å². The van der Waals surface area contributed by atoms with Crippen LogP contribution in [0.25, 0.3) is 0 Å². The van der Waals surface area contributed by atoms with E-state index < -0.39 is 17.7 Å². The summed E-state index contributed by atoms with van der Waals surface area (Å²) in [5.41, 5.74) is -0.0289. The number of amides is 1. The average molecular weight is 322 g/mol.